The predicted octanol–water partition coefficient (Wildman–Crippen LogP) is 2.07. The molecular formula is C8H7BrF3NO3. The smallest absolute Gasteiger partial charge is 0.506 e. The molecule has 8 heteroatoms. The van der Waals surface area contributed by atoms with Gasteiger partial charge in [-0.15, -0.1) is 13.2 Å². The molecule has 0 unspecified atom stereocenters. The first-order valence-corrected chi connectivity index (χ1v) is 5.13. The van der Waals surface area contributed by atoms with Gasteiger partial charge in [0.25, 0.3) is 0 Å². The lowest BCUT2D eigenvalue weighted by atomic mass is 10.2. The third-order valence-corrected chi connectivity index (χ3v) is 2.25. The molecule has 0 aromatic carbocycles. The molecular weight excluding hydrogens is 295 g/mol. The molecule has 90 valence electrons. The number of aromatic hydroxyl groups is 1. The quantitative estimate of drug-likeness (QED) is 0.839. The topological polar surface area (TPSA) is 62.6 Å². The van der Waals surface area contributed by atoms with Gasteiger partial charge >= 0.3 is 6.36 Å². The van der Waals surface area contributed by atoms with E-state index in [1.807, 2.05) is 0 Å². The zero-order valence-electron chi connectivity index (χ0n) is 7.75. The van der Waals surface area contributed by atoms with E-state index in [1.165, 1.54) is 0 Å². The summed E-state index contributed by atoms with van der Waals surface area (Å²) in [6, 6.07) is 0. The minimum Gasteiger partial charge on any atom is -0.506 e. The van der Waals surface area contributed by atoms with Crippen molar-refractivity contribution in [3.63, 3.8) is 0 Å². The Kier molecular flexibility index (Phi) is 3.98. The number of rotatable bonds is 3. The number of ether oxygens (including phenoxy) is 1. The third-order valence-electron chi connectivity index (χ3n) is 1.69. The van der Waals surface area contributed by atoms with E-state index in [2.05, 4.69) is 25.7 Å². The molecule has 1 aromatic heterocycles. The largest absolute Gasteiger partial charge is 0.573 e. The summed E-state index contributed by atoms with van der Waals surface area (Å²) in [5.74, 6) is -1.11. The van der Waals surface area contributed by atoms with Crippen LogP contribution in [-0.2, 0) is 11.9 Å². The number of alkyl halides is 4. The summed E-state index contributed by atoms with van der Waals surface area (Å²) >= 11 is 2.91. The number of aliphatic hydroxyl groups excluding tert-OH is 1. The second-order valence-electron chi connectivity index (χ2n) is 2.74. The van der Waals surface area contributed by atoms with Crippen LogP contribution in [0, 0.1) is 0 Å². The van der Waals surface area contributed by atoms with Crippen molar-refractivity contribution in [2.75, 3.05) is 0 Å². The van der Waals surface area contributed by atoms with Gasteiger partial charge in [-0.3, -0.25) is 4.98 Å². The van der Waals surface area contributed by atoms with E-state index >= 15 is 0 Å². The molecule has 0 saturated carbocycles. The van der Waals surface area contributed by atoms with E-state index in [0.29, 0.717) is 0 Å². The van der Waals surface area contributed by atoms with Crippen LogP contribution in [0.2, 0.25) is 0 Å². The second kappa shape index (κ2) is 4.88. The van der Waals surface area contributed by atoms with E-state index in [-0.39, 0.29) is 16.6 Å². The van der Waals surface area contributed by atoms with Crippen LogP contribution in [0.5, 0.6) is 11.5 Å². The van der Waals surface area contributed by atoms with E-state index < -0.39 is 24.5 Å². The standard InChI is InChI=1S/C8H7BrF3NO3/c9-1-4-6(15)2-13-5(3-14)7(4)16-8(10,11)12/h2,14-15H,1,3H2. The zero-order valence-corrected chi connectivity index (χ0v) is 9.34. The highest BCUT2D eigenvalue weighted by atomic mass is 79.9. The number of nitrogens with zero attached hydrogens (tertiary/aromatic N) is 1. The van der Waals surface area contributed by atoms with Crippen LogP contribution in [0.4, 0.5) is 13.2 Å². The van der Waals surface area contributed by atoms with Crippen LogP contribution in [-0.4, -0.2) is 21.6 Å². The lowest BCUT2D eigenvalue weighted by Crippen LogP contribution is -2.19. The Morgan fingerprint density at radius 3 is 2.50 bits per heavy atom. The lowest BCUT2D eigenvalue weighted by Gasteiger charge is -2.15. The van der Waals surface area contributed by atoms with Crippen molar-refractivity contribution in [2.45, 2.75) is 18.3 Å². The highest BCUT2D eigenvalue weighted by Gasteiger charge is 2.34. The first-order valence-electron chi connectivity index (χ1n) is 4.01. The fourth-order valence-corrected chi connectivity index (χ4v) is 1.59. The maximum Gasteiger partial charge on any atom is 0.573 e. The number of aromatic nitrogens is 1. The maximum absolute atomic E-state index is 12.1. The molecule has 2 N–H and O–H groups in total. The maximum atomic E-state index is 12.1. The number of aliphatic hydroxyl groups is 1. The van der Waals surface area contributed by atoms with Crippen molar-refractivity contribution in [1.29, 1.82) is 0 Å². The molecule has 0 saturated heterocycles. The van der Waals surface area contributed by atoms with E-state index in [9.17, 15) is 18.3 Å². The van der Waals surface area contributed by atoms with Crippen LogP contribution in [0.3, 0.4) is 0 Å². The van der Waals surface area contributed by atoms with Gasteiger partial charge in [0.05, 0.1) is 18.4 Å². The fourth-order valence-electron chi connectivity index (χ4n) is 1.04. The average molecular weight is 302 g/mol. The summed E-state index contributed by atoms with van der Waals surface area (Å²) < 4.78 is 39.9. The van der Waals surface area contributed by atoms with Gasteiger partial charge in [0.15, 0.2) is 5.75 Å². The van der Waals surface area contributed by atoms with Crippen LogP contribution >= 0.6 is 15.9 Å². The highest BCUT2D eigenvalue weighted by Crippen LogP contribution is 2.35. The van der Waals surface area contributed by atoms with Gasteiger partial charge in [-0.2, -0.15) is 0 Å². The normalized spacial score (nSPS) is 11.6. The van der Waals surface area contributed by atoms with Gasteiger partial charge in [-0.1, -0.05) is 15.9 Å². The van der Waals surface area contributed by atoms with Crippen molar-refractivity contribution in [3.8, 4) is 11.5 Å². The first kappa shape index (κ1) is 13.0. The van der Waals surface area contributed by atoms with E-state index in [1.54, 1.807) is 0 Å². The summed E-state index contributed by atoms with van der Waals surface area (Å²) in [4.78, 5) is 3.44. The molecule has 0 spiro atoms. The molecule has 0 aliphatic rings. The molecule has 0 amide bonds. The zero-order chi connectivity index (χ0) is 12.3. The number of halogens is 4. The Morgan fingerprint density at radius 2 is 2.06 bits per heavy atom. The molecule has 0 aliphatic heterocycles. The SMILES string of the molecule is OCc1ncc(O)c(CBr)c1OC(F)(F)F. The van der Waals surface area contributed by atoms with Crippen LogP contribution < -0.4 is 4.74 Å². The molecule has 0 radical (unpaired) electrons. The second-order valence-corrected chi connectivity index (χ2v) is 3.30. The molecule has 0 atom stereocenters. The van der Waals surface area contributed by atoms with Gasteiger partial charge in [-0.25, -0.2) is 0 Å². The molecule has 1 rings (SSSR count). The molecule has 16 heavy (non-hydrogen) atoms. The lowest BCUT2D eigenvalue weighted by molar-refractivity contribution is -0.275. The number of hydrogen-bond donors (Lipinski definition) is 2. The highest BCUT2D eigenvalue weighted by molar-refractivity contribution is 9.08. The minimum atomic E-state index is -4.91. The van der Waals surface area contributed by atoms with Gasteiger partial charge in [0.1, 0.15) is 11.4 Å². The first-order chi connectivity index (χ1) is 7.39. The Morgan fingerprint density at radius 1 is 1.44 bits per heavy atom. The average Bonchev–Trinajstić information content (AvgIpc) is 2.16. The van der Waals surface area contributed by atoms with Crippen LogP contribution in [0.25, 0.3) is 0 Å². The molecule has 0 bridgehead atoms. The molecule has 4 nitrogen and oxygen atoms in total. The number of hydrogen-bond acceptors (Lipinski definition) is 4. The van der Waals surface area contributed by atoms with Gasteiger partial charge < -0.3 is 14.9 Å². The molecule has 0 aliphatic carbocycles. The van der Waals surface area contributed by atoms with Crippen molar-refractivity contribution in [3.05, 3.63) is 17.5 Å². The van der Waals surface area contributed by atoms with Crippen molar-refractivity contribution in [2.24, 2.45) is 0 Å². The third kappa shape index (κ3) is 2.99. The summed E-state index contributed by atoms with van der Waals surface area (Å²) in [6.07, 6.45) is -3.96. The van der Waals surface area contributed by atoms with Crippen molar-refractivity contribution < 1.29 is 28.1 Å². The minimum absolute atomic E-state index is 0.0558. The monoisotopic (exact) mass is 301 g/mol. The summed E-state index contributed by atoms with van der Waals surface area (Å²) in [7, 11) is 0. The number of pyridine rings is 1. The molecule has 1 heterocycles. The van der Waals surface area contributed by atoms with Gasteiger partial charge in [-0.05, 0) is 0 Å². The van der Waals surface area contributed by atoms with E-state index in [0.717, 1.165) is 6.20 Å². The van der Waals surface area contributed by atoms with Gasteiger partial charge in [0, 0.05) is 5.33 Å². The molecule has 1 aromatic rings. The summed E-state index contributed by atoms with van der Waals surface area (Å²) in [5, 5.41) is 18.1. The fraction of sp³-hybridized carbons (Fsp3) is 0.375. The predicted molar refractivity (Wildman–Crippen MR) is 51.1 cm³/mol. The van der Waals surface area contributed by atoms with Crippen molar-refractivity contribution >= 4 is 15.9 Å². The van der Waals surface area contributed by atoms with E-state index in [4.69, 9.17) is 5.11 Å². The Labute approximate surface area is 96.8 Å². The molecule has 0 fully saturated rings. The Hall–Kier alpha value is -1.02. The van der Waals surface area contributed by atoms with Crippen LogP contribution in [0.15, 0.2) is 6.20 Å². The Balaban J connectivity index is 3.25. The summed E-state index contributed by atoms with van der Waals surface area (Å²) in [6.45, 7) is -0.717. The Bertz CT molecular complexity index is 384. The summed E-state index contributed by atoms with van der Waals surface area (Å²) in [5.41, 5.74) is -0.402. The van der Waals surface area contributed by atoms with Crippen LogP contribution in [0.1, 0.15) is 11.3 Å². The van der Waals surface area contributed by atoms with Crippen molar-refractivity contribution in [1.82, 2.24) is 4.98 Å². The van der Waals surface area contributed by atoms with Gasteiger partial charge in [0.2, 0.25) is 0 Å².